The number of hydrogen-bond donors (Lipinski definition) is 4. The van der Waals surface area contributed by atoms with Gasteiger partial charge in [-0.15, -0.1) is 0 Å². The van der Waals surface area contributed by atoms with Crippen molar-refractivity contribution in [2.24, 2.45) is 4.99 Å². The number of rotatable bonds is 0. The Morgan fingerprint density at radius 3 is 2.37 bits per heavy atom. The first-order valence-corrected chi connectivity index (χ1v) is 6.97. The molecule has 4 N–H and O–H groups in total. The number of aliphatic imine (C=N–C) groups is 1. The Labute approximate surface area is 114 Å². The quantitative estimate of drug-likeness (QED) is 0.557. The van der Waals surface area contributed by atoms with E-state index in [-0.39, 0.29) is 5.54 Å². The van der Waals surface area contributed by atoms with Crippen molar-refractivity contribution in [3.05, 3.63) is 24.3 Å². The summed E-state index contributed by atoms with van der Waals surface area (Å²) >= 11 is 0. The summed E-state index contributed by atoms with van der Waals surface area (Å²) in [5, 5.41) is 3.51. The molecule has 1 heterocycles. The summed E-state index contributed by atoms with van der Waals surface area (Å²) in [6.45, 7) is 6.49. The van der Waals surface area contributed by atoms with Crippen LogP contribution in [0, 0.1) is 10.2 Å². The standard InChI is InChI=1S/C12H16N2.ClH3O4/c1-9-8-12(2,3)14-11-7-5-4-6-10(11)13-9;2-1(3,4)5/h4-7,14H,8H2,1-3H3;2-4H. The average molecular weight is 291 g/mol. The van der Waals surface area contributed by atoms with Crippen LogP contribution in [0.5, 0.6) is 0 Å². The Balaban J connectivity index is 0.000000312. The summed E-state index contributed by atoms with van der Waals surface area (Å²) in [4.78, 5) is 4.59. The van der Waals surface area contributed by atoms with Crippen LogP contribution in [0.25, 0.3) is 0 Å². The van der Waals surface area contributed by atoms with Crippen molar-refractivity contribution in [1.82, 2.24) is 0 Å². The molecular weight excluding hydrogens is 272 g/mol. The van der Waals surface area contributed by atoms with E-state index >= 15 is 0 Å². The molecule has 7 heteroatoms. The predicted octanol–water partition coefficient (Wildman–Crippen LogP) is 0.513. The molecule has 0 bridgehead atoms. The molecule has 0 atom stereocenters. The van der Waals surface area contributed by atoms with Gasteiger partial charge in [0, 0.05) is 17.7 Å². The van der Waals surface area contributed by atoms with Crippen LogP contribution >= 0.6 is 0 Å². The van der Waals surface area contributed by atoms with E-state index in [0.29, 0.717) is 0 Å². The fraction of sp³-hybridized carbons (Fsp3) is 0.417. The Bertz CT molecular complexity index is 463. The summed E-state index contributed by atoms with van der Waals surface area (Å²) in [5.74, 6) is 0. The number of anilines is 1. The van der Waals surface area contributed by atoms with Crippen molar-refractivity contribution in [2.75, 3.05) is 5.32 Å². The van der Waals surface area contributed by atoms with Gasteiger partial charge in [0.25, 0.3) is 0 Å². The molecule has 108 valence electrons. The van der Waals surface area contributed by atoms with Gasteiger partial charge in [0.2, 0.25) is 0 Å². The molecule has 1 aromatic carbocycles. The molecule has 0 fully saturated rings. The average Bonchev–Trinajstić information content (AvgIpc) is 2.27. The Morgan fingerprint density at radius 2 is 1.79 bits per heavy atom. The zero-order valence-corrected chi connectivity index (χ0v) is 11.8. The van der Waals surface area contributed by atoms with Crippen LogP contribution in [0.4, 0.5) is 11.4 Å². The molecule has 0 aromatic heterocycles. The normalized spacial score (nSPS) is 17.9. The van der Waals surface area contributed by atoms with E-state index in [1.54, 1.807) is 0 Å². The van der Waals surface area contributed by atoms with Crippen LogP contribution in [0.2, 0.25) is 0 Å². The van der Waals surface area contributed by atoms with E-state index in [9.17, 15) is 0 Å². The first kappa shape index (κ1) is 15.9. The van der Waals surface area contributed by atoms with Crippen molar-refractivity contribution < 1.29 is 28.9 Å². The third kappa shape index (κ3) is 6.51. The van der Waals surface area contributed by atoms with Gasteiger partial charge in [-0.2, -0.15) is 0 Å². The number of para-hydroxylation sites is 2. The molecule has 0 saturated heterocycles. The van der Waals surface area contributed by atoms with Crippen LogP contribution in [-0.4, -0.2) is 25.2 Å². The van der Waals surface area contributed by atoms with Gasteiger partial charge in [-0.25, -0.2) is 0 Å². The fourth-order valence-electron chi connectivity index (χ4n) is 1.97. The minimum atomic E-state index is -4.19. The molecule has 6 nitrogen and oxygen atoms in total. The van der Waals surface area contributed by atoms with Crippen LogP contribution in [0.3, 0.4) is 0 Å². The molecule has 0 radical (unpaired) electrons. The van der Waals surface area contributed by atoms with Gasteiger partial charge in [-0.05, 0) is 32.9 Å². The third-order valence-electron chi connectivity index (χ3n) is 2.39. The van der Waals surface area contributed by atoms with E-state index in [0.717, 1.165) is 17.8 Å². The van der Waals surface area contributed by atoms with E-state index in [4.69, 9.17) is 18.6 Å². The second-order valence-corrected chi connectivity index (χ2v) is 5.85. The summed E-state index contributed by atoms with van der Waals surface area (Å²) in [7, 11) is -4.19. The molecule has 1 aliphatic rings. The number of fused-ring (bicyclic) bond motifs is 1. The SMILES string of the molecule is CC1=Nc2ccccc2NC(C)(C)C1.[O-][Cl+](O)(O)O. The van der Waals surface area contributed by atoms with Crippen LogP contribution in [0.1, 0.15) is 27.2 Å². The molecule has 0 saturated carbocycles. The number of hydrogen-bond acceptors (Lipinski definition) is 6. The summed E-state index contributed by atoms with van der Waals surface area (Å²) in [6.07, 6.45) is 0.988. The molecule has 2 rings (SSSR count). The van der Waals surface area contributed by atoms with E-state index in [2.05, 4.69) is 37.1 Å². The van der Waals surface area contributed by atoms with Gasteiger partial charge in [-0.3, -0.25) is 4.99 Å². The Kier molecular flexibility index (Phi) is 4.89. The van der Waals surface area contributed by atoms with Gasteiger partial charge in [0.1, 0.15) is 0 Å². The molecule has 1 aromatic rings. The number of nitrogens with one attached hydrogen (secondary N) is 1. The molecule has 0 unspecified atom stereocenters. The molecule has 0 aliphatic carbocycles. The zero-order chi connectivity index (χ0) is 14.7. The van der Waals surface area contributed by atoms with Gasteiger partial charge in [0.05, 0.1) is 11.4 Å². The first-order valence-electron chi connectivity index (χ1n) is 5.64. The van der Waals surface area contributed by atoms with Crippen molar-refractivity contribution in [2.45, 2.75) is 32.7 Å². The number of halogens is 1. The van der Waals surface area contributed by atoms with Crippen LogP contribution < -0.4 is 9.98 Å². The summed E-state index contributed by atoms with van der Waals surface area (Å²) < 4.78 is 30.2. The van der Waals surface area contributed by atoms with E-state index in [1.807, 2.05) is 18.2 Å². The third-order valence-corrected chi connectivity index (χ3v) is 2.39. The summed E-state index contributed by atoms with van der Waals surface area (Å²) in [6, 6.07) is 8.19. The van der Waals surface area contributed by atoms with E-state index in [1.165, 1.54) is 5.71 Å². The minimum absolute atomic E-state index is 0.0974. The van der Waals surface area contributed by atoms with Crippen LogP contribution in [-0.2, 0) is 0 Å². The fourth-order valence-corrected chi connectivity index (χ4v) is 1.97. The topological polar surface area (TPSA) is 108 Å². The monoisotopic (exact) mass is 290 g/mol. The molecule has 0 amide bonds. The van der Waals surface area contributed by atoms with Crippen molar-refractivity contribution in [3.63, 3.8) is 0 Å². The van der Waals surface area contributed by atoms with Gasteiger partial charge >= 0.3 is 28.9 Å². The van der Waals surface area contributed by atoms with Gasteiger partial charge in [0.15, 0.2) is 0 Å². The van der Waals surface area contributed by atoms with Crippen molar-refractivity contribution >= 4 is 17.1 Å². The summed E-state index contributed by atoms with van der Waals surface area (Å²) in [5.41, 5.74) is 3.47. The van der Waals surface area contributed by atoms with E-state index < -0.39 is 10.2 Å². The second kappa shape index (κ2) is 5.85. The molecule has 0 spiro atoms. The molecule has 1 aliphatic heterocycles. The Morgan fingerprint density at radius 1 is 1.26 bits per heavy atom. The molecular formula is C12H19ClN2O4. The second-order valence-electron chi connectivity index (χ2n) is 4.98. The Hall–Kier alpha value is -1.18. The van der Waals surface area contributed by atoms with Crippen molar-refractivity contribution in [3.8, 4) is 0 Å². The maximum atomic E-state index is 8.83. The zero-order valence-electron chi connectivity index (χ0n) is 11.1. The van der Waals surface area contributed by atoms with Crippen LogP contribution in [0.15, 0.2) is 29.3 Å². The van der Waals surface area contributed by atoms with Gasteiger partial charge in [-0.1, -0.05) is 12.1 Å². The first-order chi connectivity index (χ1) is 8.57. The molecule has 19 heavy (non-hydrogen) atoms. The number of benzene rings is 1. The van der Waals surface area contributed by atoms with Crippen molar-refractivity contribution in [1.29, 1.82) is 0 Å². The number of nitrogens with zero attached hydrogens (tertiary/aromatic N) is 1. The predicted molar refractivity (Wildman–Crippen MR) is 68.2 cm³/mol. The maximum absolute atomic E-state index is 8.83. The van der Waals surface area contributed by atoms with Gasteiger partial charge < -0.3 is 5.32 Å².